The molecule has 1 saturated heterocycles. The van der Waals surface area contributed by atoms with Crippen molar-refractivity contribution in [3.63, 3.8) is 0 Å². The number of piperidine rings is 1. The van der Waals surface area contributed by atoms with E-state index in [9.17, 15) is 13.2 Å². The van der Waals surface area contributed by atoms with Crippen LogP contribution in [0.2, 0.25) is 0 Å². The summed E-state index contributed by atoms with van der Waals surface area (Å²) in [5.74, 6) is -0.149. The molecule has 0 radical (unpaired) electrons. The van der Waals surface area contributed by atoms with Crippen LogP contribution < -0.4 is 5.32 Å². The zero-order valence-electron chi connectivity index (χ0n) is 14.8. The van der Waals surface area contributed by atoms with Gasteiger partial charge in [0.25, 0.3) is 0 Å². The number of nitrogens with one attached hydrogen (secondary N) is 1. The van der Waals surface area contributed by atoms with Gasteiger partial charge in [0.1, 0.15) is 0 Å². The average Bonchev–Trinajstić information content (AvgIpc) is 2.57. The molecule has 0 aliphatic carbocycles. The van der Waals surface area contributed by atoms with Gasteiger partial charge in [0.05, 0.1) is 4.90 Å². The van der Waals surface area contributed by atoms with Crippen LogP contribution in [-0.2, 0) is 14.8 Å². The summed E-state index contributed by atoms with van der Waals surface area (Å²) in [7, 11) is -3.49. The predicted octanol–water partition coefficient (Wildman–Crippen LogP) is 3.54. The minimum absolute atomic E-state index is 0.0625. The fourth-order valence-electron chi connectivity index (χ4n) is 2.97. The Labute approximate surface area is 145 Å². The van der Waals surface area contributed by atoms with Crippen LogP contribution in [0.25, 0.3) is 0 Å². The van der Waals surface area contributed by atoms with Gasteiger partial charge in [0.15, 0.2) is 0 Å². The van der Waals surface area contributed by atoms with Crippen LogP contribution in [0.5, 0.6) is 0 Å². The van der Waals surface area contributed by atoms with Gasteiger partial charge < -0.3 is 5.32 Å². The van der Waals surface area contributed by atoms with Crippen molar-refractivity contribution >= 4 is 21.6 Å². The number of hydrogen-bond donors (Lipinski definition) is 1. The fourth-order valence-corrected chi connectivity index (χ4v) is 4.51. The van der Waals surface area contributed by atoms with E-state index in [4.69, 9.17) is 0 Å². The number of rotatable bonds is 6. The van der Waals surface area contributed by atoms with E-state index < -0.39 is 10.0 Å². The zero-order chi connectivity index (χ0) is 17.7. The van der Waals surface area contributed by atoms with Crippen LogP contribution in [0.4, 0.5) is 5.69 Å². The molecule has 1 aliphatic rings. The molecule has 1 atom stereocenters. The number of aryl methyl sites for hydroxylation is 1. The number of anilines is 1. The van der Waals surface area contributed by atoms with Crippen LogP contribution in [0.15, 0.2) is 23.1 Å². The second-order valence-electron chi connectivity index (χ2n) is 6.62. The second kappa shape index (κ2) is 8.12. The van der Waals surface area contributed by atoms with Gasteiger partial charge in [0, 0.05) is 24.7 Å². The van der Waals surface area contributed by atoms with Crippen molar-refractivity contribution in [2.45, 2.75) is 57.8 Å². The van der Waals surface area contributed by atoms with Crippen molar-refractivity contribution in [1.82, 2.24) is 4.31 Å². The first-order valence-electron chi connectivity index (χ1n) is 8.78. The molecule has 0 spiro atoms. The lowest BCUT2D eigenvalue weighted by molar-refractivity contribution is -0.119. The van der Waals surface area contributed by atoms with Crippen molar-refractivity contribution in [2.75, 3.05) is 18.4 Å². The molecule has 1 heterocycles. The summed E-state index contributed by atoms with van der Waals surface area (Å²) in [5.41, 5.74) is 1.45. The summed E-state index contributed by atoms with van der Waals surface area (Å²) >= 11 is 0. The van der Waals surface area contributed by atoms with E-state index in [2.05, 4.69) is 5.32 Å². The van der Waals surface area contributed by atoms with Gasteiger partial charge in [-0.15, -0.1) is 0 Å². The average molecular weight is 353 g/mol. The van der Waals surface area contributed by atoms with E-state index in [0.717, 1.165) is 37.7 Å². The molecular weight excluding hydrogens is 324 g/mol. The van der Waals surface area contributed by atoms with Gasteiger partial charge in [0.2, 0.25) is 15.9 Å². The maximum Gasteiger partial charge on any atom is 0.243 e. The second-order valence-corrected chi connectivity index (χ2v) is 8.56. The van der Waals surface area contributed by atoms with Gasteiger partial charge in [-0.3, -0.25) is 4.79 Å². The zero-order valence-corrected chi connectivity index (χ0v) is 15.7. The Morgan fingerprint density at radius 1 is 1.25 bits per heavy atom. The Hall–Kier alpha value is -1.40. The van der Waals surface area contributed by atoms with E-state index >= 15 is 0 Å². The molecule has 0 bridgehead atoms. The third-order valence-corrected chi connectivity index (χ3v) is 6.48. The first kappa shape index (κ1) is 18.9. The van der Waals surface area contributed by atoms with Crippen LogP contribution in [0.1, 0.15) is 51.5 Å². The Kier molecular flexibility index (Phi) is 6.40. The van der Waals surface area contributed by atoms with E-state index in [-0.39, 0.29) is 16.7 Å². The van der Waals surface area contributed by atoms with Gasteiger partial charge in [-0.05, 0) is 43.9 Å². The lowest BCUT2D eigenvalue weighted by atomic mass is 10.1. The van der Waals surface area contributed by atoms with Gasteiger partial charge in [-0.2, -0.15) is 4.31 Å². The molecule has 2 rings (SSSR count). The summed E-state index contributed by atoms with van der Waals surface area (Å²) in [6, 6.07) is 4.98. The van der Waals surface area contributed by atoms with Gasteiger partial charge in [-0.1, -0.05) is 32.8 Å². The van der Waals surface area contributed by atoms with E-state index in [0.29, 0.717) is 18.8 Å². The highest BCUT2D eigenvalue weighted by Gasteiger charge is 2.26. The molecule has 1 unspecified atom stereocenters. The third kappa shape index (κ3) is 4.36. The Bertz CT molecular complexity index is 680. The van der Waals surface area contributed by atoms with E-state index in [1.54, 1.807) is 22.5 Å². The van der Waals surface area contributed by atoms with Crippen molar-refractivity contribution in [3.05, 3.63) is 23.8 Å². The number of benzene rings is 1. The maximum atomic E-state index is 12.8. The summed E-state index contributed by atoms with van der Waals surface area (Å²) < 4.78 is 27.1. The topological polar surface area (TPSA) is 66.5 Å². The fraction of sp³-hybridized carbons (Fsp3) is 0.611. The molecule has 1 fully saturated rings. The monoisotopic (exact) mass is 352 g/mol. The molecule has 24 heavy (non-hydrogen) atoms. The van der Waals surface area contributed by atoms with Gasteiger partial charge in [-0.25, -0.2) is 8.42 Å². The number of carbonyl (C=O) groups is 1. The smallest absolute Gasteiger partial charge is 0.243 e. The first-order chi connectivity index (χ1) is 11.4. The lowest BCUT2D eigenvalue weighted by Gasteiger charge is -2.26. The number of carbonyl (C=O) groups excluding carboxylic acids is 1. The number of amides is 1. The normalized spacial score (nSPS) is 17.5. The molecule has 1 amide bonds. The van der Waals surface area contributed by atoms with Crippen LogP contribution in [0.3, 0.4) is 0 Å². The van der Waals surface area contributed by atoms with Gasteiger partial charge >= 0.3 is 0 Å². The number of sulfonamides is 1. The highest BCUT2D eigenvalue weighted by atomic mass is 32.2. The van der Waals surface area contributed by atoms with Crippen LogP contribution in [-0.4, -0.2) is 31.7 Å². The van der Waals surface area contributed by atoms with Crippen molar-refractivity contribution in [3.8, 4) is 0 Å². The minimum Gasteiger partial charge on any atom is -0.326 e. The molecule has 1 aliphatic heterocycles. The van der Waals surface area contributed by atoms with Crippen molar-refractivity contribution in [2.24, 2.45) is 5.92 Å². The molecule has 1 N–H and O–H groups in total. The molecule has 1 aromatic rings. The van der Waals surface area contributed by atoms with Crippen LogP contribution >= 0.6 is 0 Å². The quantitative estimate of drug-likeness (QED) is 0.851. The molecule has 6 heteroatoms. The number of nitrogens with zero attached hydrogens (tertiary/aromatic N) is 1. The highest BCUT2D eigenvalue weighted by Crippen LogP contribution is 2.25. The Morgan fingerprint density at radius 3 is 2.54 bits per heavy atom. The summed E-state index contributed by atoms with van der Waals surface area (Å²) in [6.45, 7) is 6.96. The lowest BCUT2D eigenvalue weighted by Crippen LogP contribution is -2.35. The Morgan fingerprint density at radius 2 is 1.92 bits per heavy atom. The molecule has 5 nitrogen and oxygen atoms in total. The molecule has 0 aromatic heterocycles. The molecule has 0 saturated carbocycles. The molecule has 1 aromatic carbocycles. The number of hydrogen-bond acceptors (Lipinski definition) is 3. The van der Waals surface area contributed by atoms with Crippen molar-refractivity contribution in [1.29, 1.82) is 0 Å². The van der Waals surface area contributed by atoms with E-state index in [1.165, 1.54) is 0 Å². The standard InChI is InChI=1S/C18H28N2O3S/c1-4-8-15(3)18(21)19-17-13-16(10-9-14(17)2)24(22,23)20-11-6-5-7-12-20/h9-10,13,15H,4-8,11-12H2,1-3H3,(H,19,21). The third-order valence-electron chi connectivity index (χ3n) is 4.59. The molecular formula is C18H28N2O3S. The van der Waals surface area contributed by atoms with E-state index in [1.807, 2.05) is 20.8 Å². The minimum atomic E-state index is -3.49. The Balaban J connectivity index is 2.23. The van der Waals surface area contributed by atoms with Crippen LogP contribution in [0, 0.1) is 12.8 Å². The largest absolute Gasteiger partial charge is 0.326 e. The maximum absolute atomic E-state index is 12.8. The summed E-state index contributed by atoms with van der Waals surface area (Å²) in [5, 5.41) is 2.89. The SMILES string of the molecule is CCCC(C)C(=O)Nc1cc(S(=O)(=O)N2CCCCC2)ccc1C. The summed E-state index contributed by atoms with van der Waals surface area (Å²) in [4.78, 5) is 12.5. The first-order valence-corrected chi connectivity index (χ1v) is 10.2. The predicted molar refractivity (Wildman–Crippen MR) is 96.5 cm³/mol. The highest BCUT2D eigenvalue weighted by molar-refractivity contribution is 7.89. The van der Waals surface area contributed by atoms with Crippen molar-refractivity contribution < 1.29 is 13.2 Å². The summed E-state index contributed by atoms with van der Waals surface area (Å²) in [6.07, 6.45) is 4.65. The molecule has 134 valence electrons.